The molecule has 4 rings (SSSR count). The van der Waals surface area contributed by atoms with Gasteiger partial charge >= 0.3 is 0 Å². The molecule has 2 aromatic heterocycles. The molecule has 0 unspecified atom stereocenters. The zero-order valence-corrected chi connectivity index (χ0v) is 16.6. The maximum Gasteiger partial charge on any atom is 0.217 e. The average Bonchev–Trinajstić information content (AvgIpc) is 3.09. The molecule has 0 aliphatic carbocycles. The van der Waals surface area contributed by atoms with E-state index in [-0.39, 0.29) is 0 Å². The molecule has 7 heteroatoms. The third-order valence-electron chi connectivity index (χ3n) is 4.89. The van der Waals surface area contributed by atoms with E-state index in [1.165, 1.54) is 5.56 Å². The Morgan fingerprint density at radius 3 is 2.39 bits per heavy atom. The van der Waals surface area contributed by atoms with Crippen LogP contribution in [0, 0.1) is 4.77 Å². The van der Waals surface area contributed by atoms with Gasteiger partial charge in [-0.3, -0.25) is 19.9 Å². The van der Waals surface area contributed by atoms with Crippen LogP contribution in [0.3, 0.4) is 0 Å². The smallest absolute Gasteiger partial charge is 0.217 e. The summed E-state index contributed by atoms with van der Waals surface area (Å²) in [4.78, 5) is 13.4. The summed E-state index contributed by atoms with van der Waals surface area (Å²) in [7, 11) is 0. The lowest BCUT2D eigenvalue weighted by Crippen LogP contribution is -2.46. The maximum atomic E-state index is 5.43. The van der Waals surface area contributed by atoms with Crippen molar-refractivity contribution in [1.82, 2.24) is 29.5 Å². The molecule has 3 aromatic rings. The Morgan fingerprint density at radius 1 is 0.929 bits per heavy atom. The highest BCUT2D eigenvalue weighted by Gasteiger charge is 2.17. The van der Waals surface area contributed by atoms with E-state index in [0.717, 1.165) is 50.8 Å². The lowest BCUT2D eigenvalue weighted by atomic mass is 10.2. The monoisotopic (exact) mass is 392 g/mol. The van der Waals surface area contributed by atoms with Crippen LogP contribution in [0.1, 0.15) is 17.0 Å². The normalized spacial score (nSPS) is 16.0. The SMILES string of the molecule is S=c1nc(C=Cc2ccccc2)[nH]n1CN1CCN(Cc2ccncc2)CC1. The third-order valence-corrected chi connectivity index (χ3v) is 5.20. The first-order valence-corrected chi connectivity index (χ1v) is 9.91. The van der Waals surface area contributed by atoms with Gasteiger partial charge in [0, 0.05) is 45.1 Å². The summed E-state index contributed by atoms with van der Waals surface area (Å²) >= 11 is 5.43. The lowest BCUT2D eigenvalue weighted by molar-refractivity contribution is 0.0981. The molecule has 1 saturated heterocycles. The summed E-state index contributed by atoms with van der Waals surface area (Å²) in [5, 5.41) is 3.30. The van der Waals surface area contributed by atoms with E-state index in [2.05, 4.69) is 49.1 Å². The van der Waals surface area contributed by atoms with Crippen molar-refractivity contribution in [3.05, 3.63) is 76.6 Å². The first kappa shape index (κ1) is 18.7. The molecule has 28 heavy (non-hydrogen) atoms. The molecule has 0 saturated carbocycles. The maximum absolute atomic E-state index is 5.43. The highest BCUT2D eigenvalue weighted by Crippen LogP contribution is 2.09. The average molecular weight is 393 g/mol. The second kappa shape index (κ2) is 9.05. The van der Waals surface area contributed by atoms with E-state index in [9.17, 15) is 0 Å². The first-order chi connectivity index (χ1) is 13.8. The van der Waals surface area contributed by atoms with Crippen molar-refractivity contribution in [3.63, 3.8) is 0 Å². The molecular formula is C21H24N6S. The van der Waals surface area contributed by atoms with Crippen molar-refractivity contribution in [2.75, 3.05) is 26.2 Å². The predicted molar refractivity (Wildman–Crippen MR) is 114 cm³/mol. The Morgan fingerprint density at radius 2 is 1.64 bits per heavy atom. The summed E-state index contributed by atoms with van der Waals surface area (Å²) in [6, 6.07) is 14.3. The van der Waals surface area contributed by atoms with E-state index in [1.54, 1.807) is 0 Å². The van der Waals surface area contributed by atoms with Gasteiger partial charge in [0.2, 0.25) is 4.77 Å². The van der Waals surface area contributed by atoms with Gasteiger partial charge in [-0.05, 0) is 41.6 Å². The summed E-state index contributed by atoms with van der Waals surface area (Å²) in [5.74, 6) is 0.783. The minimum atomic E-state index is 0.590. The largest absolute Gasteiger partial charge is 0.297 e. The van der Waals surface area contributed by atoms with Crippen LogP contribution < -0.4 is 0 Å². The van der Waals surface area contributed by atoms with Crippen molar-refractivity contribution in [3.8, 4) is 0 Å². The third kappa shape index (κ3) is 5.01. The number of benzene rings is 1. The van der Waals surface area contributed by atoms with Gasteiger partial charge in [0.1, 0.15) is 5.82 Å². The van der Waals surface area contributed by atoms with Crippen LogP contribution in [0.2, 0.25) is 0 Å². The van der Waals surface area contributed by atoms with Crippen molar-refractivity contribution in [1.29, 1.82) is 0 Å². The summed E-state index contributed by atoms with van der Waals surface area (Å²) in [5.41, 5.74) is 2.45. The second-order valence-corrected chi connectivity index (χ2v) is 7.32. The van der Waals surface area contributed by atoms with Gasteiger partial charge in [-0.15, -0.1) is 0 Å². The Labute approximate surface area is 170 Å². The van der Waals surface area contributed by atoms with Crippen LogP contribution >= 0.6 is 12.2 Å². The zero-order valence-electron chi connectivity index (χ0n) is 15.7. The number of piperazine rings is 1. The van der Waals surface area contributed by atoms with Crippen LogP contribution in [0.15, 0.2) is 54.9 Å². The van der Waals surface area contributed by atoms with Crippen LogP contribution in [0.5, 0.6) is 0 Å². The Balaban J connectivity index is 1.31. The fourth-order valence-corrected chi connectivity index (χ4v) is 3.52. The van der Waals surface area contributed by atoms with Gasteiger partial charge in [-0.2, -0.15) is 4.98 Å². The summed E-state index contributed by atoms with van der Waals surface area (Å²) in [6.45, 7) is 5.85. The minimum Gasteiger partial charge on any atom is -0.297 e. The summed E-state index contributed by atoms with van der Waals surface area (Å²) < 4.78 is 2.53. The van der Waals surface area contributed by atoms with E-state index < -0.39 is 0 Å². The molecule has 1 fully saturated rings. The van der Waals surface area contributed by atoms with Crippen LogP contribution in [-0.2, 0) is 13.2 Å². The molecule has 1 aliphatic heterocycles. The fraction of sp³-hybridized carbons (Fsp3) is 0.286. The van der Waals surface area contributed by atoms with Crippen molar-refractivity contribution >= 4 is 24.4 Å². The molecule has 3 heterocycles. The number of hydrogen-bond acceptors (Lipinski definition) is 5. The molecular weight excluding hydrogens is 368 g/mol. The highest BCUT2D eigenvalue weighted by atomic mass is 32.1. The van der Waals surface area contributed by atoms with Crippen LogP contribution in [0.25, 0.3) is 12.2 Å². The number of rotatable bonds is 6. The van der Waals surface area contributed by atoms with E-state index in [4.69, 9.17) is 12.2 Å². The number of aromatic amines is 1. The quantitative estimate of drug-likeness (QED) is 0.653. The molecule has 6 nitrogen and oxygen atoms in total. The second-order valence-electron chi connectivity index (χ2n) is 6.95. The van der Waals surface area contributed by atoms with E-state index in [1.807, 2.05) is 47.4 Å². The standard InChI is InChI=1S/C21H24N6S/c28-21-23-20(7-6-18-4-2-1-3-5-18)24-27(21)17-26-14-12-25(13-15-26)16-19-8-10-22-11-9-19/h1-11H,12-17H2,(H,23,24,28). The fourth-order valence-electron chi connectivity index (χ4n) is 3.32. The Kier molecular flexibility index (Phi) is 6.06. The molecule has 0 spiro atoms. The van der Waals surface area contributed by atoms with Gasteiger partial charge in [-0.25, -0.2) is 4.68 Å². The predicted octanol–water partition coefficient (Wildman–Crippen LogP) is 3.28. The van der Waals surface area contributed by atoms with Crippen molar-refractivity contribution in [2.24, 2.45) is 0 Å². The van der Waals surface area contributed by atoms with E-state index in [0.29, 0.717) is 4.77 Å². The number of nitrogens with one attached hydrogen (secondary N) is 1. The molecule has 0 amide bonds. The Bertz CT molecular complexity index is 955. The van der Waals surface area contributed by atoms with Gasteiger partial charge in [0.25, 0.3) is 0 Å². The molecule has 1 aromatic carbocycles. The summed E-state index contributed by atoms with van der Waals surface area (Å²) in [6.07, 6.45) is 7.72. The molecule has 0 bridgehead atoms. The number of aromatic nitrogens is 4. The van der Waals surface area contributed by atoms with Crippen LogP contribution in [0.4, 0.5) is 0 Å². The number of nitrogens with zero attached hydrogens (tertiary/aromatic N) is 5. The number of H-pyrrole nitrogens is 1. The van der Waals surface area contributed by atoms with Gasteiger partial charge < -0.3 is 0 Å². The number of pyridine rings is 1. The first-order valence-electron chi connectivity index (χ1n) is 9.50. The highest BCUT2D eigenvalue weighted by molar-refractivity contribution is 7.71. The molecule has 144 valence electrons. The topological polar surface area (TPSA) is 53.0 Å². The Hall–Kier alpha value is -2.61. The van der Waals surface area contributed by atoms with Gasteiger partial charge in [-0.1, -0.05) is 36.4 Å². The number of hydrogen-bond donors (Lipinski definition) is 1. The van der Waals surface area contributed by atoms with Gasteiger partial charge in [0.05, 0.1) is 6.67 Å². The zero-order chi connectivity index (χ0) is 19.2. The van der Waals surface area contributed by atoms with Crippen molar-refractivity contribution < 1.29 is 0 Å². The van der Waals surface area contributed by atoms with E-state index >= 15 is 0 Å². The molecule has 1 aliphatic rings. The lowest BCUT2D eigenvalue weighted by Gasteiger charge is -2.34. The van der Waals surface area contributed by atoms with Crippen molar-refractivity contribution in [2.45, 2.75) is 13.2 Å². The minimum absolute atomic E-state index is 0.590. The van der Waals surface area contributed by atoms with Gasteiger partial charge in [0.15, 0.2) is 0 Å². The van der Waals surface area contributed by atoms with Crippen LogP contribution in [-0.4, -0.2) is 55.7 Å². The molecule has 0 atom stereocenters. The molecule has 0 radical (unpaired) electrons. The molecule has 1 N–H and O–H groups in total.